The number of hydrogen-bond donors (Lipinski definition) is 1. The van der Waals surface area contributed by atoms with E-state index in [9.17, 15) is 4.79 Å². The number of halogens is 2. The zero-order valence-electron chi connectivity index (χ0n) is 16.4. The van der Waals surface area contributed by atoms with E-state index in [0.29, 0.717) is 17.8 Å². The minimum Gasteiger partial charge on any atom is -0.496 e. The lowest BCUT2D eigenvalue weighted by atomic mass is 10.1. The van der Waals surface area contributed by atoms with Crippen molar-refractivity contribution in [1.29, 1.82) is 0 Å². The van der Waals surface area contributed by atoms with Crippen LogP contribution in [0.4, 0.5) is 5.69 Å². The van der Waals surface area contributed by atoms with E-state index in [1.807, 2.05) is 36.4 Å². The maximum absolute atomic E-state index is 12.9. The summed E-state index contributed by atoms with van der Waals surface area (Å²) in [7, 11) is 1.66. The lowest BCUT2D eigenvalue weighted by molar-refractivity contribution is 0.102. The van der Waals surface area contributed by atoms with Gasteiger partial charge in [0.2, 0.25) is 0 Å². The van der Waals surface area contributed by atoms with Crippen LogP contribution in [0.3, 0.4) is 0 Å². The molecule has 0 fully saturated rings. The number of para-hydroxylation sites is 1. The number of nitrogens with one attached hydrogen (secondary N) is 1. The Bertz CT molecular complexity index is 1230. The zero-order valence-corrected chi connectivity index (χ0v) is 18.0. The number of carbonyl (C=O) groups excluding carboxylic acids is 1. The standard InChI is InChI=1S/C23H19Cl2N3O2/c1-14-12-28(13-16-5-3-4-6-21(16)30-2)20-9-15(7-8-17(14)20)23(29)27-22-18(24)10-26-11-19(22)25/h3-12H,13H2,1-2H3,(H,26,27,29). The quantitative estimate of drug-likeness (QED) is 0.417. The first-order valence-electron chi connectivity index (χ1n) is 9.29. The fourth-order valence-electron chi connectivity index (χ4n) is 3.48. The summed E-state index contributed by atoms with van der Waals surface area (Å²) in [6.07, 6.45) is 4.96. The van der Waals surface area contributed by atoms with Crippen molar-refractivity contribution in [3.05, 3.63) is 87.8 Å². The number of pyridine rings is 1. The number of amides is 1. The highest BCUT2D eigenvalue weighted by atomic mass is 35.5. The second-order valence-corrected chi connectivity index (χ2v) is 7.73. The number of benzene rings is 2. The lowest BCUT2D eigenvalue weighted by Gasteiger charge is -2.11. The molecule has 0 atom stereocenters. The molecule has 30 heavy (non-hydrogen) atoms. The normalized spacial score (nSPS) is 10.9. The van der Waals surface area contributed by atoms with Gasteiger partial charge < -0.3 is 14.6 Å². The molecule has 152 valence electrons. The van der Waals surface area contributed by atoms with E-state index in [1.54, 1.807) is 13.2 Å². The van der Waals surface area contributed by atoms with Gasteiger partial charge in [0.25, 0.3) is 5.91 Å². The van der Waals surface area contributed by atoms with Crippen LogP contribution in [0.1, 0.15) is 21.5 Å². The predicted octanol–water partition coefficient (Wildman–Crippen LogP) is 5.96. The summed E-state index contributed by atoms with van der Waals surface area (Å²) in [6.45, 7) is 2.68. The molecule has 0 aliphatic heterocycles. The Labute approximate surface area is 184 Å². The van der Waals surface area contributed by atoms with Gasteiger partial charge in [-0.05, 0) is 30.7 Å². The van der Waals surface area contributed by atoms with E-state index in [0.717, 1.165) is 27.8 Å². The van der Waals surface area contributed by atoms with Gasteiger partial charge in [-0.3, -0.25) is 9.78 Å². The molecule has 7 heteroatoms. The third-order valence-electron chi connectivity index (χ3n) is 4.97. The third kappa shape index (κ3) is 3.86. The molecular formula is C23H19Cl2N3O2. The van der Waals surface area contributed by atoms with E-state index >= 15 is 0 Å². The second-order valence-electron chi connectivity index (χ2n) is 6.92. The molecule has 0 radical (unpaired) electrons. The van der Waals surface area contributed by atoms with Crippen LogP contribution in [0.25, 0.3) is 10.9 Å². The summed E-state index contributed by atoms with van der Waals surface area (Å²) < 4.78 is 7.60. The molecule has 0 saturated carbocycles. The molecule has 2 heterocycles. The minimum absolute atomic E-state index is 0.285. The Morgan fingerprint density at radius 2 is 1.87 bits per heavy atom. The van der Waals surface area contributed by atoms with E-state index in [1.165, 1.54) is 12.4 Å². The van der Waals surface area contributed by atoms with Crippen LogP contribution in [0, 0.1) is 6.92 Å². The van der Waals surface area contributed by atoms with E-state index in [2.05, 4.69) is 28.0 Å². The van der Waals surface area contributed by atoms with Crippen molar-refractivity contribution >= 4 is 45.7 Å². The number of carbonyl (C=O) groups is 1. The third-order valence-corrected chi connectivity index (χ3v) is 5.54. The molecule has 0 bridgehead atoms. The maximum Gasteiger partial charge on any atom is 0.255 e. The number of hydrogen-bond acceptors (Lipinski definition) is 3. The van der Waals surface area contributed by atoms with Gasteiger partial charge in [-0.15, -0.1) is 0 Å². The number of ether oxygens (including phenoxy) is 1. The maximum atomic E-state index is 12.9. The number of fused-ring (bicyclic) bond motifs is 1. The highest BCUT2D eigenvalue weighted by Gasteiger charge is 2.15. The Morgan fingerprint density at radius 3 is 2.60 bits per heavy atom. The smallest absolute Gasteiger partial charge is 0.255 e. The van der Waals surface area contributed by atoms with Crippen molar-refractivity contribution in [3.63, 3.8) is 0 Å². The molecule has 4 aromatic rings. The van der Waals surface area contributed by atoms with Crippen molar-refractivity contribution < 1.29 is 9.53 Å². The number of methoxy groups -OCH3 is 1. The molecule has 1 N–H and O–H groups in total. The van der Waals surface area contributed by atoms with Gasteiger partial charge in [0.15, 0.2) is 0 Å². The van der Waals surface area contributed by atoms with Gasteiger partial charge in [0, 0.05) is 40.6 Å². The van der Waals surface area contributed by atoms with Crippen LogP contribution < -0.4 is 10.1 Å². The van der Waals surface area contributed by atoms with Gasteiger partial charge in [-0.2, -0.15) is 0 Å². The molecule has 2 aromatic heterocycles. The molecule has 0 spiro atoms. The number of aromatic nitrogens is 2. The molecule has 5 nitrogen and oxygen atoms in total. The summed E-state index contributed by atoms with van der Waals surface area (Å²) in [6, 6.07) is 13.5. The van der Waals surface area contributed by atoms with Gasteiger partial charge in [0.05, 0.1) is 29.4 Å². The predicted molar refractivity (Wildman–Crippen MR) is 121 cm³/mol. The summed E-state index contributed by atoms with van der Waals surface area (Å²) in [5.41, 5.74) is 4.00. The number of aryl methyl sites for hydroxylation is 1. The molecule has 2 aromatic carbocycles. The average molecular weight is 440 g/mol. The van der Waals surface area contributed by atoms with Crippen molar-refractivity contribution in [2.24, 2.45) is 0 Å². The SMILES string of the molecule is COc1ccccc1Cn1cc(C)c2ccc(C(=O)Nc3c(Cl)cncc3Cl)cc21. The fourth-order valence-corrected chi connectivity index (χ4v) is 3.94. The van der Waals surface area contributed by atoms with Crippen molar-refractivity contribution in [3.8, 4) is 5.75 Å². The Kier molecular flexibility index (Phi) is 5.66. The fraction of sp³-hybridized carbons (Fsp3) is 0.130. The largest absolute Gasteiger partial charge is 0.496 e. The summed E-state index contributed by atoms with van der Waals surface area (Å²) in [5, 5.41) is 4.44. The van der Waals surface area contributed by atoms with Crippen LogP contribution >= 0.6 is 23.2 Å². The molecule has 4 rings (SSSR count). The van der Waals surface area contributed by atoms with Gasteiger partial charge in [-0.25, -0.2) is 0 Å². The minimum atomic E-state index is -0.297. The van der Waals surface area contributed by atoms with Gasteiger partial charge in [0.1, 0.15) is 5.75 Å². The molecule has 0 aliphatic carbocycles. The molecule has 0 unspecified atom stereocenters. The topological polar surface area (TPSA) is 56.1 Å². The number of anilines is 1. The Hall–Kier alpha value is -3.02. The van der Waals surface area contributed by atoms with Crippen molar-refractivity contribution in [2.75, 3.05) is 12.4 Å². The summed E-state index contributed by atoms with van der Waals surface area (Å²) in [5.74, 6) is 0.530. The summed E-state index contributed by atoms with van der Waals surface area (Å²) in [4.78, 5) is 16.8. The van der Waals surface area contributed by atoms with Crippen LogP contribution in [-0.4, -0.2) is 22.6 Å². The first-order chi connectivity index (χ1) is 14.5. The van der Waals surface area contributed by atoms with Crippen molar-refractivity contribution in [1.82, 2.24) is 9.55 Å². The highest BCUT2D eigenvalue weighted by Crippen LogP contribution is 2.30. The lowest BCUT2D eigenvalue weighted by Crippen LogP contribution is -2.13. The molecule has 1 amide bonds. The van der Waals surface area contributed by atoms with E-state index in [-0.39, 0.29) is 16.0 Å². The first kappa shape index (κ1) is 20.3. The van der Waals surface area contributed by atoms with Crippen LogP contribution in [0.2, 0.25) is 10.0 Å². The monoisotopic (exact) mass is 439 g/mol. The number of rotatable bonds is 5. The van der Waals surface area contributed by atoms with Gasteiger partial charge in [-0.1, -0.05) is 47.5 Å². The van der Waals surface area contributed by atoms with E-state index in [4.69, 9.17) is 27.9 Å². The molecular weight excluding hydrogens is 421 g/mol. The Morgan fingerprint density at radius 1 is 1.13 bits per heavy atom. The first-order valence-corrected chi connectivity index (χ1v) is 10.0. The highest BCUT2D eigenvalue weighted by molar-refractivity contribution is 6.39. The van der Waals surface area contributed by atoms with E-state index < -0.39 is 0 Å². The average Bonchev–Trinajstić information content (AvgIpc) is 3.06. The second kappa shape index (κ2) is 8.38. The van der Waals surface area contributed by atoms with Crippen LogP contribution in [0.15, 0.2) is 61.1 Å². The summed E-state index contributed by atoms with van der Waals surface area (Å²) >= 11 is 12.3. The zero-order chi connectivity index (χ0) is 21.3. The van der Waals surface area contributed by atoms with Crippen LogP contribution in [-0.2, 0) is 6.54 Å². The molecule has 0 saturated heterocycles. The molecule has 0 aliphatic rings. The number of nitrogens with zero attached hydrogens (tertiary/aromatic N) is 2. The Balaban J connectivity index is 1.70. The van der Waals surface area contributed by atoms with Gasteiger partial charge >= 0.3 is 0 Å². The van der Waals surface area contributed by atoms with Crippen LogP contribution in [0.5, 0.6) is 5.75 Å². The van der Waals surface area contributed by atoms with Crippen molar-refractivity contribution in [2.45, 2.75) is 13.5 Å².